The van der Waals surface area contributed by atoms with Crippen molar-refractivity contribution >= 4 is 44.1 Å². The topological polar surface area (TPSA) is 100.0 Å². The number of hydrogen-bond acceptors (Lipinski definition) is 7. The van der Waals surface area contributed by atoms with Crippen molar-refractivity contribution in [2.24, 2.45) is 0 Å². The standard InChI is InChI=1S/C28H24N2O5S/c1-4-35-20-10-8-17(9-11-20)25(32)22-24(18-6-5-7-19(31)14-18)30(27(34)26(22)33)28-29-23-16(3)12-15(2)13-21(23)36-28/h5-14,24,31-32H,4H2,1-3H3. The van der Waals surface area contributed by atoms with E-state index in [1.807, 2.05) is 32.9 Å². The van der Waals surface area contributed by atoms with Gasteiger partial charge in [0.15, 0.2) is 5.13 Å². The van der Waals surface area contributed by atoms with Gasteiger partial charge in [-0.2, -0.15) is 0 Å². The fraction of sp³-hybridized carbons (Fsp3) is 0.179. The molecule has 1 aromatic heterocycles. The smallest absolute Gasteiger partial charge is 0.301 e. The molecule has 1 aliphatic heterocycles. The number of benzene rings is 3. The van der Waals surface area contributed by atoms with Crippen molar-refractivity contribution in [1.29, 1.82) is 0 Å². The first-order chi connectivity index (χ1) is 17.3. The number of ether oxygens (including phenoxy) is 1. The molecule has 1 amide bonds. The number of aromatic nitrogens is 1. The van der Waals surface area contributed by atoms with Gasteiger partial charge in [-0.25, -0.2) is 4.98 Å². The number of Topliss-reactive ketones (excluding diaryl/α,β-unsaturated/α-hetero) is 1. The molecule has 1 unspecified atom stereocenters. The summed E-state index contributed by atoms with van der Waals surface area (Å²) in [6, 6.07) is 16.0. The number of aliphatic hydroxyl groups excluding tert-OH is 1. The number of aliphatic hydroxyl groups is 1. The molecule has 182 valence electrons. The van der Waals surface area contributed by atoms with E-state index < -0.39 is 17.7 Å². The Bertz CT molecular complexity index is 1540. The van der Waals surface area contributed by atoms with Gasteiger partial charge in [0, 0.05) is 5.56 Å². The monoisotopic (exact) mass is 500 g/mol. The second kappa shape index (κ2) is 9.13. The van der Waals surface area contributed by atoms with Crippen LogP contribution in [-0.4, -0.2) is 33.5 Å². The van der Waals surface area contributed by atoms with Crippen molar-refractivity contribution in [3.8, 4) is 11.5 Å². The van der Waals surface area contributed by atoms with Gasteiger partial charge in [0.1, 0.15) is 17.3 Å². The Morgan fingerprint density at radius 1 is 1.08 bits per heavy atom. The van der Waals surface area contributed by atoms with Crippen LogP contribution in [0.25, 0.3) is 16.0 Å². The van der Waals surface area contributed by atoms with Gasteiger partial charge in [0.25, 0.3) is 5.78 Å². The lowest BCUT2D eigenvalue weighted by Gasteiger charge is -2.23. The van der Waals surface area contributed by atoms with E-state index >= 15 is 0 Å². The van der Waals surface area contributed by atoms with E-state index in [2.05, 4.69) is 0 Å². The molecule has 36 heavy (non-hydrogen) atoms. The molecule has 0 bridgehead atoms. The van der Waals surface area contributed by atoms with E-state index in [1.165, 1.54) is 28.4 Å². The molecular formula is C28H24N2O5S. The number of rotatable bonds is 5. The number of hydrogen-bond donors (Lipinski definition) is 2. The lowest BCUT2D eigenvalue weighted by molar-refractivity contribution is -0.132. The van der Waals surface area contributed by atoms with Crippen molar-refractivity contribution in [3.05, 3.63) is 88.5 Å². The molecule has 0 aliphatic carbocycles. The fourth-order valence-corrected chi connectivity index (χ4v) is 5.70. The third-order valence-electron chi connectivity index (χ3n) is 6.09. The number of carbonyl (C=O) groups excluding carboxylic acids is 2. The second-order valence-electron chi connectivity index (χ2n) is 8.65. The predicted molar refractivity (Wildman–Crippen MR) is 140 cm³/mol. The number of anilines is 1. The van der Waals surface area contributed by atoms with Crippen LogP contribution in [0.3, 0.4) is 0 Å². The largest absolute Gasteiger partial charge is 0.508 e. The van der Waals surface area contributed by atoms with E-state index in [4.69, 9.17) is 9.72 Å². The Balaban J connectivity index is 1.70. The van der Waals surface area contributed by atoms with E-state index in [0.717, 1.165) is 21.3 Å². The number of phenols is 1. The van der Waals surface area contributed by atoms with Crippen LogP contribution in [0.15, 0.2) is 66.2 Å². The Hall–Kier alpha value is -4.17. The zero-order valence-electron chi connectivity index (χ0n) is 20.0. The molecule has 1 atom stereocenters. The average molecular weight is 501 g/mol. The molecule has 5 rings (SSSR count). The summed E-state index contributed by atoms with van der Waals surface area (Å²) >= 11 is 1.31. The number of fused-ring (bicyclic) bond motifs is 1. The molecule has 1 aliphatic rings. The highest BCUT2D eigenvalue weighted by atomic mass is 32.1. The van der Waals surface area contributed by atoms with Crippen LogP contribution in [0.4, 0.5) is 5.13 Å². The molecule has 1 fully saturated rings. The summed E-state index contributed by atoms with van der Waals surface area (Å²) < 4.78 is 6.36. The highest BCUT2D eigenvalue weighted by Crippen LogP contribution is 2.45. The van der Waals surface area contributed by atoms with E-state index in [9.17, 15) is 19.8 Å². The van der Waals surface area contributed by atoms with Crippen molar-refractivity contribution in [2.45, 2.75) is 26.8 Å². The Kier molecular flexibility index (Phi) is 5.97. The van der Waals surface area contributed by atoms with Crippen LogP contribution < -0.4 is 9.64 Å². The molecule has 2 N–H and O–H groups in total. The average Bonchev–Trinajstić information content (AvgIpc) is 3.38. The minimum absolute atomic E-state index is 0.0186. The van der Waals surface area contributed by atoms with Crippen molar-refractivity contribution in [1.82, 2.24) is 4.98 Å². The van der Waals surface area contributed by atoms with Crippen LogP contribution in [-0.2, 0) is 9.59 Å². The number of phenolic OH excluding ortho intramolecular Hbond substituents is 1. The molecule has 0 spiro atoms. The number of aryl methyl sites for hydroxylation is 2. The highest BCUT2D eigenvalue weighted by Gasteiger charge is 2.48. The summed E-state index contributed by atoms with van der Waals surface area (Å²) in [7, 11) is 0. The summed E-state index contributed by atoms with van der Waals surface area (Å²) in [5.41, 5.74) is 3.57. The summed E-state index contributed by atoms with van der Waals surface area (Å²) in [5, 5.41) is 21.8. The van der Waals surface area contributed by atoms with Crippen LogP contribution in [0, 0.1) is 13.8 Å². The number of aromatic hydroxyl groups is 1. The van der Waals surface area contributed by atoms with E-state index in [0.29, 0.717) is 28.6 Å². The first-order valence-corrected chi connectivity index (χ1v) is 12.3. The molecule has 7 nitrogen and oxygen atoms in total. The van der Waals surface area contributed by atoms with Gasteiger partial charge < -0.3 is 14.9 Å². The van der Waals surface area contributed by atoms with Crippen molar-refractivity contribution in [2.75, 3.05) is 11.5 Å². The SMILES string of the molecule is CCOc1ccc(C(O)=C2C(=O)C(=O)N(c3nc4c(C)cc(C)cc4s3)C2c2cccc(O)c2)cc1. The fourth-order valence-electron chi connectivity index (χ4n) is 4.53. The van der Waals surface area contributed by atoms with Crippen LogP contribution >= 0.6 is 11.3 Å². The van der Waals surface area contributed by atoms with Gasteiger partial charge in [0.2, 0.25) is 0 Å². The molecule has 1 saturated heterocycles. The summed E-state index contributed by atoms with van der Waals surface area (Å²) in [6.45, 7) is 6.30. The number of amides is 1. The van der Waals surface area contributed by atoms with Crippen molar-refractivity contribution in [3.63, 3.8) is 0 Å². The summed E-state index contributed by atoms with van der Waals surface area (Å²) in [5.74, 6) is -1.30. The lowest BCUT2D eigenvalue weighted by Crippen LogP contribution is -2.29. The third-order valence-corrected chi connectivity index (χ3v) is 7.10. The van der Waals surface area contributed by atoms with Gasteiger partial charge in [-0.3, -0.25) is 14.5 Å². The lowest BCUT2D eigenvalue weighted by atomic mass is 9.95. The number of ketones is 1. The van der Waals surface area contributed by atoms with Gasteiger partial charge >= 0.3 is 5.91 Å². The normalized spacial score (nSPS) is 17.2. The van der Waals surface area contributed by atoms with E-state index in [-0.39, 0.29) is 17.1 Å². The zero-order valence-corrected chi connectivity index (χ0v) is 20.8. The first kappa shape index (κ1) is 23.6. The van der Waals surface area contributed by atoms with Crippen molar-refractivity contribution < 1.29 is 24.5 Å². The van der Waals surface area contributed by atoms with Gasteiger partial charge in [-0.05, 0) is 79.9 Å². The van der Waals surface area contributed by atoms with E-state index in [1.54, 1.807) is 36.4 Å². The zero-order chi connectivity index (χ0) is 25.6. The van der Waals surface area contributed by atoms with Crippen LogP contribution in [0.2, 0.25) is 0 Å². The summed E-state index contributed by atoms with van der Waals surface area (Å²) in [6.07, 6.45) is 0. The molecule has 3 aromatic carbocycles. The molecule has 0 radical (unpaired) electrons. The van der Waals surface area contributed by atoms with Crippen LogP contribution in [0.1, 0.15) is 35.2 Å². The minimum atomic E-state index is -0.967. The Labute approximate surface area is 211 Å². The maximum Gasteiger partial charge on any atom is 0.301 e. The minimum Gasteiger partial charge on any atom is -0.508 e. The molecule has 0 saturated carbocycles. The quantitative estimate of drug-likeness (QED) is 0.209. The third kappa shape index (κ3) is 3.99. The van der Waals surface area contributed by atoms with Crippen LogP contribution in [0.5, 0.6) is 11.5 Å². The number of thiazole rings is 1. The predicted octanol–water partition coefficient (Wildman–Crippen LogP) is 5.64. The molecular weight excluding hydrogens is 476 g/mol. The Morgan fingerprint density at radius 3 is 2.53 bits per heavy atom. The Morgan fingerprint density at radius 2 is 1.83 bits per heavy atom. The van der Waals surface area contributed by atoms with Gasteiger partial charge in [-0.15, -0.1) is 0 Å². The maximum absolute atomic E-state index is 13.4. The molecule has 4 aromatic rings. The maximum atomic E-state index is 13.4. The molecule has 2 heterocycles. The highest BCUT2D eigenvalue weighted by molar-refractivity contribution is 7.22. The van der Waals surface area contributed by atoms with Gasteiger partial charge in [-0.1, -0.05) is 29.5 Å². The summed E-state index contributed by atoms with van der Waals surface area (Å²) in [4.78, 5) is 32.8. The second-order valence-corrected chi connectivity index (χ2v) is 9.66. The number of carbonyl (C=O) groups is 2. The molecule has 8 heteroatoms. The van der Waals surface area contributed by atoms with Gasteiger partial charge in [0.05, 0.1) is 28.4 Å². The number of nitrogens with zero attached hydrogens (tertiary/aromatic N) is 2. The first-order valence-electron chi connectivity index (χ1n) is 11.5.